The van der Waals surface area contributed by atoms with Gasteiger partial charge in [0.25, 0.3) is 0 Å². The van der Waals surface area contributed by atoms with Gasteiger partial charge in [0.1, 0.15) is 11.3 Å². The standard InChI is InChI=1S/C22H27NO4.C4H10.2C2H6/c1-5-10-23-13-20(22(26)27)21(25)12-16(3)15(2)11-17(4)19-9-7-6-8-18(19)14-24;1-4(2)3;2*1-2/h6-9,11-13,24-25H,4-5,10,14H2,1-3H3,(H,26,27);4H,1-3H3;2*1-2H3/b15-11+,16-12+,21-20-,23-13?;;;. The van der Waals surface area contributed by atoms with Gasteiger partial charge in [-0.25, -0.2) is 4.79 Å². The molecule has 0 amide bonds. The number of carboxylic acids is 1. The molecule has 0 spiro atoms. The Balaban J connectivity index is -0.00000113. The monoisotopic (exact) mass is 487 g/mol. The third-order valence-corrected chi connectivity index (χ3v) is 3.98. The maximum Gasteiger partial charge on any atom is 0.341 e. The Labute approximate surface area is 214 Å². The number of carbonyl (C=O) groups is 1. The zero-order valence-corrected chi connectivity index (χ0v) is 23.6. The molecule has 5 nitrogen and oxygen atoms in total. The number of aliphatic carboxylic acids is 1. The van der Waals surface area contributed by atoms with Crippen molar-refractivity contribution < 1.29 is 20.1 Å². The third kappa shape index (κ3) is 17.2. The number of carboxylic acid groups (broad SMARTS) is 1. The molecule has 1 rings (SSSR count). The van der Waals surface area contributed by atoms with Gasteiger partial charge in [-0.05, 0) is 60.1 Å². The van der Waals surface area contributed by atoms with E-state index in [0.29, 0.717) is 12.1 Å². The minimum atomic E-state index is -1.24. The van der Waals surface area contributed by atoms with Crippen molar-refractivity contribution in [2.75, 3.05) is 6.54 Å². The van der Waals surface area contributed by atoms with Gasteiger partial charge in [-0.3, -0.25) is 4.99 Å². The van der Waals surface area contributed by atoms with E-state index in [-0.39, 0.29) is 17.9 Å². The zero-order valence-electron chi connectivity index (χ0n) is 23.6. The van der Waals surface area contributed by atoms with Crippen LogP contribution in [0, 0.1) is 5.92 Å². The molecule has 0 radical (unpaired) electrons. The maximum absolute atomic E-state index is 11.3. The van der Waals surface area contributed by atoms with E-state index in [1.54, 1.807) is 6.92 Å². The Bertz CT molecular complexity index is 856. The topological polar surface area (TPSA) is 90.1 Å². The van der Waals surface area contributed by atoms with Crippen LogP contribution in [0.1, 0.15) is 86.8 Å². The van der Waals surface area contributed by atoms with Gasteiger partial charge >= 0.3 is 5.97 Å². The van der Waals surface area contributed by atoms with E-state index < -0.39 is 5.97 Å². The Hall–Kier alpha value is -2.92. The van der Waals surface area contributed by atoms with Crippen LogP contribution < -0.4 is 0 Å². The Kier molecular flexibility index (Phi) is 23.9. The summed E-state index contributed by atoms with van der Waals surface area (Å²) in [7, 11) is 0. The van der Waals surface area contributed by atoms with Gasteiger partial charge in [0.2, 0.25) is 0 Å². The highest BCUT2D eigenvalue weighted by Crippen LogP contribution is 2.23. The largest absolute Gasteiger partial charge is 0.507 e. The lowest BCUT2D eigenvalue weighted by molar-refractivity contribution is -0.132. The minimum absolute atomic E-state index is 0.0838. The fraction of sp³-hybridized carbons (Fsp3) is 0.467. The second-order valence-corrected chi connectivity index (χ2v) is 7.87. The predicted octanol–water partition coefficient (Wildman–Crippen LogP) is 8.18. The molecule has 0 aromatic heterocycles. The first-order valence-corrected chi connectivity index (χ1v) is 12.5. The number of aliphatic hydroxyl groups excluding tert-OH is 2. The zero-order chi connectivity index (χ0) is 28.0. The normalized spacial score (nSPS) is 11.9. The van der Waals surface area contributed by atoms with Crippen LogP contribution in [0.2, 0.25) is 0 Å². The second-order valence-electron chi connectivity index (χ2n) is 7.87. The molecule has 1 aromatic rings. The Morgan fingerprint density at radius 3 is 1.94 bits per heavy atom. The van der Waals surface area contributed by atoms with Crippen molar-refractivity contribution in [3.63, 3.8) is 0 Å². The van der Waals surface area contributed by atoms with Gasteiger partial charge in [0.15, 0.2) is 0 Å². The molecule has 0 fully saturated rings. The van der Waals surface area contributed by atoms with Gasteiger partial charge in [0, 0.05) is 12.8 Å². The summed E-state index contributed by atoms with van der Waals surface area (Å²) in [6, 6.07) is 7.42. The van der Waals surface area contributed by atoms with E-state index in [1.807, 2.05) is 71.9 Å². The molecule has 0 aliphatic heterocycles. The lowest BCUT2D eigenvalue weighted by Gasteiger charge is -2.09. The summed E-state index contributed by atoms with van der Waals surface area (Å²) in [5, 5.41) is 28.9. The summed E-state index contributed by atoms with van der Waals surface area (Å²) in [6.45, 7) is 24.5. The van der Waals surface area contributed by atoms with Crippen molar-refractivity contribution >= 4 is 17.8 Å². The summed E-state index contributed by atoms with van der Waals surface area (Å²) < 4.78 is 0. The SMILES string of the molecule is C=C(/C=C(C)/C(C)=C/C(O)=C(\C=NCCC)C(=O)O)c1ccccc1CO.CC.CC.CC(C)C. The number of hydrogen-bond donors (Lipinski definition) is 3. The molecule has 198 valence electrons. The average molecular weight is 488 g/mol. The smallest absolute Gasteiger partial charge is 0.341 e. The summed E-state index contributed by atoms with van der Waals surface area (Å²) in [5.41, 5.74) is 3.59. The highest BCUT2D eigenvalue weighted by atomic mass is 16.4. The first-order chi connectivity index (χ1) is 16.5. The molecule has 3 N–H and O–H groups in total. The molecule has 5 heteroatoms. The van der Waals surface area contributed by atoms with E-state index in [0.717, 1.165) is 34.6 Å². The van der Waals surface area contributed by atoms with Gasteiger partial charge < -0.3 is 15.3 Å². The number of rotatable bonds is 9. The third-order valence-electron chi connectivity index (χ3n) is 3.98. The molecule has 0 aliphatic rings. The van der Waals surface area contributed by atoms with Crippen LogP contribution in [0.3, 0.4) is 0 Å². The molecule has 0 saturated heterocycles. The molecule has 35 heavy (non-hydrogen) atoms. The molecular weight excluding hydrogens is 438 g/mol. The minimum Gasteiger partial charge on any atom is -0.507 e. The van der Waals surface area contributed by atoms with Crippen LogP contribution in [0.4, 0.5) is 0 Å². The van der Waals surface area contributed by atoms with Crippen molar-refractivity contribution in [2.45, 2.75) is 82.3 Å². The van der Waals surface area contributed by atoms with E-state index in [1.165, 1.54) is 12.3 Å². The van der Waals surface area contributed by atoms with Crippen LogP contribution >= 0.6 is 0 Å². The van der Waals surface area contributed by atoms with Gasteiger partial charge in [0.05, 0.1) is 6.61 Å². The summed E-state index contributed by atoms with van der Waals surface area (Å²) in [4.78, 5) is 15.3. The lowest BCUT2D eigenvalue weighted by Crippen LogP contribution is -2.06. The molecular formula is C30H49NO4. The maximum atomic E-state index is 11.3. The van der Waals surface area contributed by atoms with E-state index in [4.69, 9.17) is 0 Å². The number of aliphatic hydroxyl groups is 2. The van der Waals surface area contributed by atoms with Crippen LogP contribution in [-0.4, -0.2) is 34.0 Å². The fourth-order valence-corrected chi connectivity index (χ4v) is 2.34. The molecule has 0 atom stereocenters. The van der Waals surface area contributed by atoms with E-state index in [2.05, 4.69) is 32.3 Å². The van der Waals surface area contributed by atoms with Crippen molar-refractivity contribution in [1.82, 2.24) is 0 Å². The number of allylic oxidation sites excluding steroid dienone is 5. The quantitative estimate of drug-likeness (QED) is 0.142. The molecule has 0 heterocycles. The highest BCUT2D eigenvalue weighted by molar-refractivity contribution is 6.09. The van der Waals surface area contributed by atoms with Gasteiger partial charge in [-0.2, -0.15) is 0 Å². The first kappa shape index (κ1) is 36.6. The van der Waals surface area contributed by atoms with Crippen LogP contribution in [-0.2, 0) is 11.4 Å². The fourth-order valence-electron chi connectivity index (χ4n) is 2.34. The Morgan fingerprint density at radius 1 is 1.00 bits per heavy atom. The number of benzene rings is 1. The molecule has 0 unspecified atom stereocenters. The van der Waals surface area contributed by atoms with E-state index >= 15 is 0 Å². The molecule has 0 aliphatic carbocycles. The van der Waals surface area contributed by atoms with Crippen molar-refractivity contribution in [3.8, 4) is 0 Å². The average Bonchev–Trinajstić information content (AvgIpc) is 2.83. The number of hydrogen-bond acceptors (Lipinski definition) is 4. The van der Waals surface area contributed by atoms with Crippen LogP contribution in [0.15, 0.2) is 70.5 Å². The molecule has 0 bridgehead atoms. The first-order valence-electron chi connectivity index (χ1n) is 12.5. The van der Waals surface area contributed by atoms with Crippen LogP contribution in [0.25, 0.3) is 5.57 Å². The predicted molar refractivity (Wildman–Crippen MR) is 153 cm³/mol. The Morgan fingerprint density at radius 2 is 1.49 bits per heavy atom. The van der Waals surface area contributed by atoms with E-state index in [9.17, 15) is 20.1 Å². The number of nitrogens with zero attached hydrogens (tertiary/aromatic N) is 1. The van der Waals surface area contributed by atoms with Gasteiger partial charge in [-0.15, -0.1) is 0 Å². The summed E-state index contributed by atoms with van der Waals surface area (Å²) in [5.74, 6) is -0.756. The van der Waals surface area contributed by atoms with Crippen LogP contribution in [0.5, 0.6) is 0 Å². The van der Waals surface area contributed by atoms with Gasteiger partial charge in [-0.1, -0.05) is 92.3 Å². The molecule has 0 saturated carbocycles. The highest BCUT2D eigenvalue weighted by Gasteiger charge is 2.11. The molecule has 1 aromatic carbocycles. The lowest BCUT2D eigenvalue weighted by atomic mass is 9.97. The summed E-state index contributed by atoms with van der Waals surface area (Å²) >= 11 is 0. The summed E-state index contributed by atoms with van der Waals surface area (Å²) in [6.07, 6.45) is 5.20. The second kappa shape index (κ2) is 22.9. The van der Waals surface area contributed by atoms with Crippen molar-refractivity contribution in [1.29, 1.82) is 0 Å². The number of aliphatic imine (C=N–C) groups is 1. The van der Waals surface area contributed by atoms with Crippen molar-refractivity contribution in [2.24, 2.45) is 10.9 Å². The van der Waals surface area contributed by atoms with Crippen molar-refractivity contribution in [3.05, 3.63) is 76.6 Å².